The summed E-state index contributed by atoms with van der Waals surface area (Å²) in [5.41, 5.74) is 6.05. The van der Waals surface area contributed by atoms with E-state index in [1.807, 2.05) is 6.92 Å². The lowest BCUT2D eigenvalue weighted by Crippen LogP contribution is -2.35. The molecule has 20 heavy (non-hydrogen) atoms. The van der Waals surface area contributed by atoms with Crippen molar-refractivity contribution in [3.63, 3.8) is 0 Å². The molecular formula is C14H21FN2O2S. The second kappa shape index (κ2) is 5.79. The third kappa shape index (κ3) is 2.60. The van der Waals surface area contributed by atoms with Crippen LogP contribution in [0.25, 0.3) is 0 Å². The molecular weight excluding hydrogens is 279 g/mol. The number of nitrogens with zero attached hydrogens (tertiary/aromatic N) is 1. The van der Waals surface area contributed by atoms with Crippen LogP contribution in [-0.4, -0.2) is 25.3 Å². The second-order valence-electron chi connectivity index (χ2n) is 5.24. The lowest BCUT2D eigenvalue weighted by atomic mass is 10.1. The number of hydrogen-bond acceptors (Lipinski definition) is 3. The Kier molecular flexibility index (Phi) is 4.46. The smallest absolute Gasteiger partial charge is 0.243 e. The normalized spacial score (nSPS) is 20.5. The summed E-state index contributed by atoms with van der Waals surface area (Å²) in [6.45, 7) is 4.08. The highest BCUT2D eigenvalue weighted by molar-refractivity contribution is 7.89. The van der Waals surface area contributed by atoms with Crippen molar-refractivity contribution < 1.29 is 12.8 Å². The van der Waals surface area contributed by atoms with Gasteiger partial charge in [-0.2, -0.15) is 4.31 Å². The zero-order valence-electron chi connectivity index (χ0n) is 11.9. The first kappa shape index (κ1) is 15.4. The SMILES string of the molecule is CCC1CCCN1S(=O)(=O)c1cc(C)c(F)c(CN)c1. The molecule has 0 radical (unpaired) electrons. The van der Waals surface area contributed by atoms with Gasteiger partial charge >= 0.3 is 0 Å². The fourth-order valence-electron chi connectivity index (χ4n) is 2.77. The van der Waals surface area contributed by atoms with E-state index in [4.69, 9.17) is 5.73 Å². The molecule has 0 amide bonds. The number of hydrogen-bond donors (Lipinski definition) is 1. The predicted octanol–water partition coefficient (Wildman–Crippen LogP) is 2.16. The van der Waals surface area contributed by atoms with Crippen LogP contribution in [0.2, 0.25) is 0 Å². The van der Waals surface area contributed by atoms with Gasteiger partial charge in [-0.3, -0.25) is 0 Å². The second-order valence-corrected chi connectivity index (χ2v) is 7.13. The fourth-order valence-corrected chi connectivity index (χ4v) is 4.68. The maximum absolute atomic E-state index is 13.8. The van der Waals surface area contributed by atoms with Gasteiger partial charge in [0.2, 0.25) is 10.0 Å². The van der Waals surface area contributed by atoms with E-state index < -0.39 is 15.8 Å². The van der Waals surface area contributed by atoms with Gasteiger partial charge in [-0.25, -0.2) is 12.8 Å². The molecule has 1 atom stereocenters. The highest BCUT2D eigenvalue weighted by atomic mass is 32.2. The average molecular weight is 300 g/mol. The van der Waals surface area contributed by atoms with Gasteiger partial charge in [-0.05, 0) is 43.9 Å². The van der Waals surface area contributed by atoms with E-state index in [1.54, 1.807) is 11.2 Å². The molecule has 1 aliphatic heterocycles. The quantitative estimate of drug-likeness (QED) is 0.926. The van der Waals surface area contributed by atoms with Crippen LogP contribution in [0.4, 0.5) is 4.39 Å². The van der Waals surface area contributed by atoms with Gasteiger partial charge in [-0.1, -0.05) is 6.92 Å². The standard InChI is InChI=1S/C14H21FN2O2S/c1-3-12-5-4-6-17(12)20(18,19)13-7-10(2)14(15)11(8-13)9-16/h7-8,12H,3-6,9,16H2,1-2H3. The first-order chi connectivity index (χ1) is 9.41. The van der Waals surface area contributed by atoms with Gasteiger partial charge < -0.3 is 5.73 Å². The Hall–Kier alpha value is -0.980. The number of sulfonamides is 1. The minimum Gasteiger partial charge on any atom is -0.326 e. The van der Waals surface area contributed by atoms with Crippen molar-refractivity contribution in [2.24, 2.45) is 5.73 Å². The minimum absolute atomic E-state index is 0.00671. The molecule has 1 saturated heterocycles. The number of benzene rings is 1. The Labute approximate surface area is 119 Å². The third-order valence-electron chi connectivity index (χ3n) is 3.92. The highest BCUT2D eigenvalue weighted by Crippen LogP contribution is 2.29. The maximum Gasteiger partial charge on any atom is 0.243 e. The van der Waals surface area contributed by atoms with Crippen molar-refractivity contribution in [1.29, 1.82) is 0 Å². The van der Waals surface area contributed by atoms with E-state index in [0.29, 0.717) is 12.1 Å². The van der Waals surface area contributed by atoms with E-state index in [-0.39, 0.29) is 23.0 Å². The van der Waals surface area contributed by atoms with Crippen LogP contribution in [0.5, 0.6) is 0 Å². The van der Waals surface area contributed by atoms with Gasteiger partial charge in [0.05, 0.1) is 4.90 Å². The largest absolute Gasteiger partial charge is 0.326 e. The summed E-state index contributed by atoms with van der Waals surface area (Å²) in [5, 5.41) is 0. The van der Waals surface area contributed by atoms with E-state index in [1.165, 1.54) is 12.1 Å². The molecule has 2 rings (SSSR count). The van der Waals surface area contributed by atoms with Crippen molar-refractivity contribution in [3.8, 4) is 0 Å². The summed E-state index contributed by atoms with van der Waals surface area (Å²) in [4.78, 5) is 0.150. The monoisotopic (exact) mass is 300 g/mol. The Morgan fingerprint density at radius 2 is 2.15 bits per heavy atom. The van der Waals surface area contributed by atoms with Gasteiger partial charge in [0.15, 0.2) is 0 Å². The molecule has 112 valence electrons. The Morgan fingerprint density at radius 1 is 1.45 bits per heavy atom. The summed E-state index contributed by atoms with van der Waals surface area (Å²) in [7, 11) is -3.56. The number of aryl methyl sites for hydroxylation is 1. The third-order valence-corrected chi connectivity index (χ3v) is 5.85. The fraction of sp³-hybridized carbons (Fsp3) is 0.571. The minimum atomic E-state index is -3.56. The molecule has 1 unspecified atom stereocenters. The van der Waals surface area contributed by atoms with Crippen LogP contribution >= 0.6 is 0 Å². The Morgan fingerprint density at radius 3 is 2.75 bits per heavy atom. The van der Waals surface area contributed by atoms with E-state index in [2.05, 4.69) is 0 Å². The van der Waals surface area contributed by atoms with Gasteiger partial charge in [-0.15, -0.1) is 0 Å². The van der Waals surface area contributed by atoms with Gasteiger partial charge in [0, 0.05) is 24.7 Å². The summed E-state index contributed by atoms with van der Waals surface area (Å²) in [6, 6.07) is 2.81. The first-order valence-electron chi connectivity index (χ1n) is 6.92. The predicted molar refractivity (Wildman–Crippen MR) is 76.2 cm³/mol. The summed E-state index contributed by atoms with van der Waals surface area (Å²) >= 11 is 0. The molecule has 0 bridgehead atoms. The zero-order valence-corrected chi connectivity index (χ0v) is 12.7. The van der Waals surface area contributed by atoms with Crippen LogP contribution in [-0.2, 0) is 16.6 Å². The van der Waals surface area contributed by atoms with Crippen molar-refractivity contribution in [1.82, 2.24) is 4.31 Å². The average Bonchev–Trinajstić information content (AvgIpc) is 2.90. The lowest BCUT2D eigenvalue weighted by molar-refractivity contribution is 0.379. The van der Waals surface area contributed by atoms with Crippen LogP contribution in [0.1, 0.15) is 37.3 Å². The maximum atomic E-state index is 13.8. The van der Waals surface area contributed by atoms with Crippen molar-refractivity contribution in [2.75, 3.05) is 6.54 Å². The Bertz CT molecular complexity index is 601. The summed E-state index contributed by atoms with van der Waals surface area (Å²) in [5.74, 6) is -0.417. The van der Waals surface area contributed by atoms with Crippen LogP contribution < -0.4 is 5.73 Å². The number of rotatable bonds is 4. The molecule has 1 aliphatic rings. The number of halogens is 1. The molecule has 1 fully saturated rings. The molecule has 0 spiro atoms. The van der Waals surface area contributed by atoms with Crippen molar-refractivity contribution in [2.45, 2.75) is 50.6 Å². The Balaban J connectivity index is 2.47. The van der Waals surface area contributed by atoms with Crippen LogP contribution in [0.15, 0.2) is 17.0 Å². The molecule has 0 aromatic heterocycles. The van der Waals surface area contributed by atoms with Crippen LogP contribution in [0.3, 0.4) is 0 Å². The van der Waals surface area contributed by atoms with Crippen molar-refractivity contribution >= 4 is 10.0 Å². The molecule has 1 aromatic carbocycles. The van der Waals surface area contributed by atoms with Crippen molar-refractivity contribution in [3.05, 3.63) is 29.1 Å². The van der Waals surface area contributed by atoms with Crippen LogP contribution in [0, 0.1) is 12.7 Å². The molecule has 6 heteroatoms. The molecule has 4 nitrogen and oxygen atoms in total. The molecule has 0 aliphatic carbocycles. The first-order valence-corrected chi connectivity index (χ1v) is 8.36. The molecule has 0 saturated carbocycles. The molecule has 2 N–H and O–H groups in total. The summed E-state index contributed by atoms with van der Waals surface area (Å²) in [6.07, 6.45) is 2.56. The highest BCUT2D eigenvalue weighted by Gasteiger charge is 2.34. The molecule has 1 aromatic rings. The topological polar surface area (TPSA) is 63.4 Å². The lowest BCUT2D eigenvalue weighted by Gasteiger charge is -2.23. The van der Waals surface area contributed by atoms with Gasteiger partial charge in [0.1, 0.15) is 5.82 Å². The zero-order chi connectivity index (χ0) is 14.9. The van der Waals surface area contributed by atoms with E-state index in [9.17, 15) is 12.8 Å². The van der Waals surface area contributed by atoms with E-state index in [0.717, 1.165) is 19.3 Å². The number of nitrogens with two attached hydrogens (primary N) is 1. The van der Waals surface area contributed by atoms with E-state index >= 15 is 0 Å². The molecule has 1 heterocycles. The summed E-state index contributed by atoms with van der Waals surface area (Å²) < 4.78 is 40.7. The van der Waals surface area contributed by atoms with Gasteiger partial charge in [0.25, 0.3) is 0 Å².